The smallest absolute Gasteiger partial charge is 0.345 e. The van der Waals surface area contributed by atoms with E-state index in [2.05, 4.69) is 26.7 Å². The number of carbonyl (C=O) groups is 2. The summed E-state index contributed by atoms with van der Waals surface area (Å²) in [6, 6.07) is 20.9. The van der Waals surface area contributed by atoms with E-state index in [4.69, 9.17) is 0 Å². The highest BCUT2D eigenvalue weighted by molar-refractivity contribution is 5.95. The maximum atomic E-state index is 14.3. The molecule has 1 unspecified atom stereocenters. The zero-order valence-corrected chi connectivity index (χ0v) is 26.6. The number of nitrogens with zero attached hydrogens (tertiary/aromatic N) is 4. The summed E-state index contributed by atoms with van der Waals surface area (Å²) in [5, 5.41) is 20.6. The van der Waals surface area contributed by atoms with Crippen LogP contribution in [0.1, 0.15) is 72.2 Å². The number of alkyl halides is 3. The number of anilines is 1. The first kappa shape index (κ1) is 34.3. The van der Waals surface area contributed by atoms with Gasteiger partial charge >= 0.3 is 6.18 Å². The summed E-state index contributed by atoms with van der Waals surface area (Å²) in [5.74, 6) is -0.745. The Bertz CT molecular complexity index is 1730. The first-order chi connectivity index (χ1) is 22.9. The van der Waals surface area contributed by atoms with Gasteiger partial charge in [0.25, 0.3) is 11.6 Å². The molecule has 2 N–H and O–H groups in total. The molecule has 2 heterocycles. The molecule has 10 nitrogen and oxygen atoms in total. The van der Waals surface area contributed by atoms with Crippen LogP contribution >= 0.6 is 0 Å². The van der Waals surface area contributed by atoms with Gasteiger partial charge in [0, 0.05) is 30.3 Å². The van der Waals surface area contributed by atoms with Crippen LogP contribution in [0.2, 0.25) is 0 Å². The molecule has 1 saturated heterocycles. The van der Waals surface area contributed by atoms with Gasteiger partial charge in [-0.3, -0.25) is 19.7 Å². The number of non-ortho nitro benzene ring substituents is 1. The number of hydrogen-bond acceptors (Lipinski definition) is 6. The first-order valence-corrected chi connectivity index (χ1v) is 15.8. The average Bonchev–Trinajstić information content (AvgIpc) is 3.54. The number of carbonyl (C=O) groups excluding carboxylic acids is 2. The van der Waals surface area contributed by atoms with Crippen molar-refractivity contribution in [3.05, 3.63) is 118 Å². The third-order valence-corrected chi connectivity index (χ3v) is 8.57. The van der Waals surface area contributed by atoms with Crippen LogP contribution in [-0.2, 0) is 11.0 Å². The highest BCUT2D eigenvalue weighted by atomic mass is 19.4. The lowest BCUT2D eigenvalue weighted by Crippen LogP contribution is -2.37. The zero-order valence-electron chi connectivity index (χ0n) is 26.6. The van der Waals surface area contributed by atoms with E-state index < -0.39 is 34.3 Å². The lowest BCUT2D eigenvalue weighted by Gasteiger charge is -2.33. The van der Waals surface area contributed by atoms with Gasteiger partial charge in [0.1, 0.15) is 0 Å². The van der Waals surface area contributed by atoms with E-state index in [1.165, 1.54) is 5.56 Å². The van der Waals surface area contributed by atoms with Crippen molar-refractivity contribution >= 4 is 23.2 Å². The Morgan fingerprint density at radius 3 is 2.31 bits per heavy atom. The van der Waals surface area contributed by atoms with Crippen LogP contribution in [0.4, 0.5) is 24.5 Å². The lowest BCUT2D eigenvalue weighted by atomic mass is 9.89. The number of likely N-dealkylation sites (tertiary alicyclic amines) is 1. The van der Waals surface area contributed by atoms with E-state index >= 15 is 0 Å². The van der Waals surface area contributed by atoms with E-state index in [1.807, 2.05) is 62.4 Å². The number of piperidine rings is 1. The lowest BCUT2D eigenvalue weighted by molar-refractivity contribution is -0.384. The van der Waals surface area contributed by atoms with Crippen LogP contribution < -0.4 is 10.6 Å². The summed E-state index contributed by atoms with van der Waals surface area (Å²) < 4.78 is 43.6. The summed E-state index contributed by atoms with van der Waals surface area (Å²) in [5.41, 5.74) is 0.445. The Hall–Kier alpha value is -5.04. The molecule has 1 aromatic heterocycles. The fraction of sp³-hybridized carbons (Fsp3) is 0.343. The molecule has 1 atom stereocenters. The van der Waals surface area contributed by atoms with E-state index in [0.29, 0.717) is 23.6 Å². The molecule has 0 aliphatic carbocycles. The molecule has 0 spiro atoms. The van der Waals surface area contributed by atoms with Crippen molar-refractivity contribution in [3.63, 3.8) is 0 Å². The van der Waals surface area contributed by atoms with Gasteiger partial charge in [-0.2, -0.15) is 18.3 Å². The number of aromatic nitrogens is 2. The predicted molar refractivity (Wildman–Crippen MR) is 175 cm³/mol. The molecule has 252 valence electrons. The van der Waals surface area contributed by atoms with Crippen molar-refractivity contribution in [2.24, 2.45) is 5.92 Å². The highest BCUT2D eigenvalue weighted by Crippen LogP contribution is 2.35. The largest absolute Gasteiger partial charge is 0.434 e. The fourth-order valence-electron chi connectivity index (χ4n) is 5.90. The maximum Gasteiger partial charge on any atom is 0.434 e. The highest BCUT2D eigenvalue weighted by Gasteiger charge is 2.41. The fourth-order valence-corrected chi connectivity index (χ4v) is 5.90. The molecule has 48 heavy (non-hydrogen) atoms. The van der Waals surface area contributed by atoms with Gasteiger partial charge in [0.15, 0.2) is 5.69 Å². The first-order valence-electron chi connectivity index (χ1n) is 15.8. The predicted octanol–water partition coefficient (Wildman–Crippen LogP) is 7.13. The number of halogens is 3. The molecule has 0 saturated carbocycles. The Morgan fingerprint density at radius 1 is 1.00 bits per heavy atom. The number of nitro benzene ring substituents is 1. The van der Waals surface area contributed by atoms with E-state index in [0.717, 1.165) is 67.6 Å². The van der Waals surface area contributed by atoms with Gasteiger partial charge in [-0.25, -0.2) is 4.68 Å². The van der Waals surface area contributed by atoms with E-state index in [-0.39, 0.29) is 23.2 Å². The Balaban J connectivity index is 1.27. The summed E-state index contributed by atoms with van der Waals surface area (Å²) >= 11 is 0. The monoisotopic (exact) mass is 662 g/mol. The average molecular weight is 663 g/mol. The van der Waals surface area contributed by atoms with Crippen LogP contribution in [-0.4, -0.2) is 51.1 Å². The molecule has 3 aromatic carbocycles. The van der Waals surface area contributed by atoms with Crippen molar-refractivity contribution in [2.75, 3.05) is 25.0 Å². The zero-order chi connectivity index (χ0) is 34.4. The summed E-state index contributed by atoms with van der Waals surface area (Å²) in [7, 11) is 0. The van der Waals surface area contributed by atoms with Crippen molar-refractivity contribution < 1.29 is 27.7 Å². The molecule has 0 bridgehead atoms. The van der Waals surface area contributed by atoms with E-state index in [9.17, 15) is 32.9 Å². The summed E-state index contributed by atoms with van der Waals surface area (Å²) in [6.45, 7) is 5.93. The van der Waals surface area contributed by atoms with Crippen LogP contribution in [0.15, 0.2) is 85.1 Å². The van der Waals surface area contributed by atoms with Crippen LogP contribution in [0.25, 0.3) is 5.69 Å². The molecule has 1 aliphatic rings. The molecule has 0 radical (unpaired) electrons. The molecule has 1 fully saturated rings. The van der Waals surface area contributed by atoms with Gasteiger partial charge < -0.3 is 15.5 Å². The minimum atomic E-state index is -4.93. The second-order valence-electron chi connectivity index (χ2n) is 12.2. The Labute approximate surface area is 276 Å². The number of nitrogens with one attached hydrogen (secondary N) is 2. The minimum absolute atomic E-state index is 0.0324. The Morgan fingerprint density at radius 2 is 1.69 bits per heavy atom. The van der Waals surface area contributed by atoms with Gasteiger partial charge in [-0.1, -0.05) is 56.3 Å². The van der Waals surface area contributed by atoms with Crippen molar-refractivity contribution in [1.82, 2.24) is 20.0 Å². The third-order valence-electron chi connectivity index (χ3n) is 8.57. The second-order valence-corrected chi connectivity index (χ2v) is 12.2. The van der Waals surface area contributed by atoms with Crippen molar-refractivity contribution in [1.29, 1.82) is 0 Å². The Kier molecular flexibility index (Phi) is 10.6. The SMILES string of the molecule is CC(C)C(=O)Nc1cccc(C2CCN(CCC(NC(=O)c3cnn(-c4ccc([N+](=O)[O-])cc4)c3C(F)(F)F)c3ccccc3)CC2)c1. The van der Waals surface area contributed by atoms with Gasteiger partial charge in [0.2, 0.25) is 5.91 Å². The number of amides is 2. The van der Waals surface area contributed by atoms with Crippen molar-refractivity contribution in [2.45, 2.75) is 51.2 Å². The number of hydrogen-bond donors (Lipinski definition) is 2. The van der Waals surface area contributed by atoms with Crippen molar-refractivity contribution in [3.8, 4) is 5.69 Å². The topological polar surface area (TPSA) is 122 Å². The number of benzene rings is 3. The number of nitro groups is 1. The van der Waals surface area contributed by atoms with Crippen LogP contribution in [0.3, 0.4) is 0 Å². The molecule has 1 aliphatic heterocycles. The molecular weight excluding hydrogens is 625 g/mol. The van der Waals surface area contributed by atoms with Gasteiger partial charge in [0.05, 0.1) is 28.4 Å². The standard InChI is InChI=1S/C35H37F3N6O4/c1-23(2)33(45)40-27-10-6-9-26(21-27)24-15-18-42(19-16-24)20-17-31(25-7-4-3-5-8-25)41-34(46)30-22-39-43(32(30)35(36,37)38)28-11-13-29(14-12-28)44(47)48/h3-14,21-24,31H,15-20H2,1-2H3,(H,40,45)(H,41,46). The molecule has 5 rings (SSSR count). The van der Waals surface area contributed by atoms with Gasteiger partial charge in [-0.05, 0) is 73.7 Å². The second kappa shape index (κ2) is 14.8. The molecule has 13 heteroatoms. The summed E-state index contributed by atoms with van der Waals surface area (Å²) in [6.07, 6.45) is -1.79. The maximum absolute atomic E-state index is 14.3. The molecule has 2 amide bonds. The quantitative estimate of drug-likeness (QED) is 0.130. The minimum Gasteiger partial charge on any atom is -0.345 e. The molecular formula is C35H37F3N6O4. The number of rotatable bonds is 11. The van der Waals surface area contributed by atoms with Crippen LogP contribution in [0, 0.1) is 16.0 Å². The normalized spacial score (nSPS) is 14.9. The molecule has 4 aromatic rings. The summed E-state index contributed by atoms with van der Waals surface area (Å²) in [4.78, 5) is 38.3. The van der Waals surface area contributed by atoms with E-state index in [1.54, 1.807) is 0 Å². The third kappa shape index (κ3) is 8.26. The van der Waals surface area contributed by atoms with Crippen LogP contribution in [0.5, 0.6) is 0 Å². The van der Waals surface area contributed by atoms with Gasteiger partial charge in [-0.15, -0.1) is 0 Å².